The molecule has 0 unspecified atom stereocenters. The summed E-state index contributed by atoms with van der Waals surface area (Å²) in [5, 5.41) is 0. The fourth-order valence-corrected chi connectivity index (χ4v) is 1.63. The molecule has 0 bridgehead atoms. The van der Waals surface area contributed by atoms with Crippen LogP contribution in [0.5, 0.6) is 0 Å². The number of aromatic amines is 1. The lowest BCUT2D eigenvalue weighted by molar-refractivity contribution is -0.0920. The van der Waals surface area contributed by atoms with Gasteiger partial charge in [0.2, 0.25) is 0 Å². The Labute approximate surface area is 90.8 Å². The Hall–Kier alpha value is -0.800. The molecule has 0 radical (unpaired) electrons. The standard InChI is InChI=1S/C12H19NO2/c1-8-6-9(13-7-8)10-14-11(2,3)12(4,5)15-10/h6-7,10,13H,1-5H3. The molecule has 0 atom stereocenters. The van der Waals surface area contributed by atoms with Gasteiger partial charge in [0.1, 0.15) is 0 Å². The van der Waals surface area contributed by atoms with E-state index in [4.69, 9.17) is 9.47 Å². The van der Waals surface area contributed by atoms with Crippen LogP contribution in [0.4, 0.5) is 0 Å². The fourth-order valence-electron chi connectivity index (χ4n) is 1.63. The van der Waals surface area contributed by atoms with Crippen molar-refractivity contribution in [1.82, 2.24) is 4.98 Å². The van der Waals surface area contributed by atoms with E-state index in [0.29, 0.717) is 0 Å². The molecule has 1 aliphatic heterocycles. The molecule has 15 heavy (non-hydrogen) atoms. The predicted octanol–water partition coefficient (Wildman–Crippen LogP) is 2.93. The molecule has 0 amide bonds. The lowest BCUT2D eigenvalue weighted by atomic mass is 9.90. The summed E-state index contributed by atoms with van der Waals surface area (Å²) in [4.78, 5) is 3.17. The number of hydrogen-bond acceptors (Lipinski definition) is 2. The summed E-state index contributed by atoms with van der Waals surface area (Å²) in [6.07, 6.45) is 1.68. The van der Waals surface area contributed by atoms with Gasteiger partial charge in [0, 0.05) is 6.20 Å². The maximum Gasteiger partial charge on any atom is 0.200 e. The zero-order chi connectivity index (χ0) is 11.3. The van der Waals surface area contributed by atoms with E-state index in [0.717, 1.165) is 5.69 Å². The van der Waals surface area contributed by atoms with Crippen LogP contribution in [0.2, 0.25) is 0 Å². The number of hydrogen-bond donors (Lipinski definition) is 1. The van der Waals surface area contributed by atoms with Gasteiger partial charge in [0.05, 0.1) is 16.9 Å². The van der Waals surface area contributed by atoms with Crippen LogP contribution in [-0.4, -0.2) is 16.2 Å². The van der Waals surface area contributed by atoms with E-state index in [9.17, 15) is 0 Å². The van der Waals surface area contributed by atoms with Crippen LogP contribution in [0.3, 0.4) is 0 Å². The maximum absolute atomic E-state index is 5.91. The third-order valence-corrected chi connectivity index (χ3v) is 3.36. The minimum atomic E-state index is -0.274. The van der Waals surface area contributed by atoms with Crippen LogP contribution in [0.15, 0.2) is 12.3 Å². The molecule has 1 fully saturated rings. The Morgan fingerprint density at radius 3 is 2.07 bits per heavy atom. The highest BCUT2D eigenvalue weighted by Crippen LogP contribution is 2.44. The van der Waals surface area contributed by atoms with E-state index in [1.807, 2.05) is 13.1 Å². The van der Waals surface area contributed by atoms with Crippen LogP contribution in [0, 0.1) is 6.92 Å². The largest absolute Gasteiger partial charge is 0.361 e. The third-order valence-electron chi connectivity index (χ3n) is 3.36. The summed E-state index contributed by atoms with van der Waals surface area (Å²) < 4.78 is 11.8. The number of rotatable bonds is 1. The van der Waals surface area contributed by atoms with Crippen LogP contribution in [0.1, 0.15) is 45.2 Å². The third kappa shape index (κ3) is 1.70. The summed E-state index contributed by atoms with van der Waals surface area (Å²) in [6.45, 7) is 10.3. The SMILES string of the molecule is Cc1c[nH]c(C2OC(C)(C)C(C)(C)O2)c1. The molecule has 1 aliphatic rings. The van der Waals surface area contributed by atoms with Gasteiger partial charge in [-0.2, -0.15) is 0 Å². The van der Waals surface area contributed by atoms with Crippen molar-refractivity contribution in [2.24, 2.45) is 0 Å². The van der Waals surface area contributed by atoms with Crippen molar-refractivity contribution in [3.63, 3.8) is 0 Å². The first-order chi connectivity index (χ1) is 6.82. The average Bonchev–Trinajstić information content (AvgIpc) is 2.56. The second kappa shape index (κ2) is 3.09. The molecule has 1 N–H and O–H groups in total. The van der Waals surface area contributed by atoms with Gasteiger partial charge >= 0.3 is 0 Å². The number of aromatic nitrogens is 1. The normalized spacial score (nSPS) is 24.6. The lowest BCUT2D eigenvalue weighted by Gasteiger charge is -2.30. The van der Waals surface area contributed by atoms with E-state index < -0.39 is 0 Å². The molecule has 0 saturated carbocycles. The van der Waals surface area contributed by atoms with Crippen molar-refractivity contribution in [3.8, 4) is 0 Å². The summed E-state index contributed by atoms with van der Waals surface area (Å²) in [5.41, 5.74) is 1.65. The van der Waals surface area contributed by atoms with Crippen molar-refractivity contribution < 1.29 is 9.47 Å². The molecular formula is C12H19NO2. The zero-order valence-electron chi connectivity index (χ0n) is 10.0. The quantitative estimate of drug-likeness (QED) is 0.771. The highest BCUT2D eigenvalue weighted by atomic mass is 16.7. The molecule has 2 rings (SSSR count). The van der Waals surface area contributed by atoms with Crippen molar-refractivity contribution in [1.29, 1.82) is 0 Å². The summed E-state index contributed by atoms with van der Waals surface area (Å²) in [7, 11) is 0. The fraction of sp³-hybridized carbons (Fsp3) is 0.667. The minimum absolute atomic E-state index is 0.267. The molecule has 3 nitrogen and oxygen atoms in total. The second-order valence-electron chi connectivity index (χ2n) is 5.22. The Balaban J connectivity index is 2.23. The molecule has 1 aromatic heterocycles. The Bertz CT molecular complexity index is 349. The Morgan fingerprint density at radius 2 is 1.67 bits per heavy atom. The van der Waals surface area contributed by atoms with Crippen molar-refractivity contribution in [3.05, 3.63) is 23.5 Å². The van der Waals surface area contributed by atoms with Gasteiger partial charge in [-0.1, -0.05) is 0 Å². The topological polar surface area (TPSA) is 34.2 Å². The van der Waals surface area contributed by atoms with E-state index in [2.05, 4.69) is 38.7 Å². The maximum atomic E-state index is 5.91. The average molecular weight is 209 g/mol. The number of H-pyrrole nitrogens is 1. The van der Waals surface area contributed by atoms with E-state index in [1.54, 1.807) is 0 Å². The second-order valence-corrected chi connectivity index (χ2v) is 5.22. The first kappa shape index (κ1) is 10.7. The Morgan fingerprint density at radius 1 is 1.13 bits per heavy atom. The highest BCUT2D eigenvalue weighted by Gasteiger charge is 2.49. The van der Waals surface area contributed by atoms with Crippen LogP contribution >= 0.6 is 0 Å². The summed E-state index contributed by atoms with van der Waals surface area (Å²) in [5.74, 6) is 0. The number of ether oxygens (including phenoxy) is 2. The molecule has 1 aromatic rings. The highest BCUT2D eigenvalue weighted by molar-refractivity contribution is 5.17. The molecule has 3 heteroatoms. The van der Waals surface area contributed by atoms with Crippen LogP contribution in [0.25, 0.3) is 0 Å². The van der Waals surface area contributed by atoms with Gasteiger partial charge in [-0.25, -0.2) is 0 Å². The van der Waals surface area contributed by atoms with Gasteiger partial charge in [0.15, 0.2) is 6.29 Å². The monoisotopic (exact) mass is 209 g/mol. The first-order valence-electron chi connectivity index (χ1n) is 5.32. The molecule has 1 saturated heterocycles. The van der Waals surface area contributed by atoms with Crippen molar-refractivity contribution in [2.75, 3.05) is 0 Å². The lowest BCUT2D eigenvalue weighted by Crippen LogP contribution is -2.41. The smallest absolute Gasteiger partial charge is 0.200 e. The molecule has 84 valence electrons. The minimum Gasteiger partial charge on any atom is -0.361 e. The van der Waals surface area contributed by atoms with E-state index >= 15 is 0 Å². The van der Waals surface area contributed by atoms with Gasteiger partial charge in [-0.3, -0.25) is 0 Å². The van der Waals surface area contributed by atoms with Crippen molar-refractivity contribution in [2.45, 2.75) is 52.1 Å². The summed E-state index contributed by atoms with van der Waals surface area (Å²) >= 11 is 0. The molecule has 0 aliphatic carbocycles. The number of nitrogens with one attached hydrogen (secondary N) is 1. The predicted molar refractivity (Wildman–Crippen MR) is 58.6 cm³/mol. The van der Waals surface area contributed by atoms with Crippen molar-refractivity contribution >= 4 is 0 Å². The van der Waals surface area contributed by atoms with Gasteiger partial charge in [-0.15, -0.1) is 0 Å². The van der Waals surface area contributed by atoms with E-state index in [-0.39, 0.29) is 17.5 Å². The van der Waals surface area contributed by atoms with Crippen LogP contribution < -0.4 is 0 Å². The first-order valence-corrected chi connectivity index (χ1v) is 5.32. The molecule has 2 heterocycles. The molecular weight excluding hydrogens is 190 g/mol. The van der Waals surface area contributed by atoms with E-state index in [1.165, 1.54) is 5.56 Å². The molecule has 0 spiro atoms. The van der Waals surface area contributed by atoms with Gasteiger partial charge in [0.25, 0.3) is 0 Å². The molecule has 0 aromatic carbocycles. The van der Waals surface area contributed by atoms with Gasteiger partial charge < -0.3 is 14.5 Å². The zero-order valence-corrected chi connectivity index (χ0v) is 10.0. The Kier molecular flexibility index (Phi) is 2.21. The van der Waals surface area contributed by atoms with Gasteiger partial charge in [-0.05, 0) is 46.2 Å². The summed E-state index contributed by atoms with van der Waals surface area (Å²) in [6, 6.07) is 2.06. The van der Waals surface area contributed by atoms with Crippen LogP contribution in [-0.2, 0) is 9.47 Å². The number of aryl methyl sites for hydroxylation is 1.